The monoisotopic (exact) mass is 552 g/mol. The van der Waals surface area contributed by atoms with Crippen LogP contribution in [-0.2, 0) is 15.3 Å². The first kappa shape index (κ1) is 30.7. The second kappa shape index (κ2) is 15.7. The molecule has 3 N–H and O–H groups in total. The van der Waals surface area contributed by atoms with E-state index in [9.17, 15) is 9.90 Å². The fraction of sp³-hybridized carbons (Fsp3) is 0.484. The summed E-state index contributed by atoms with van der Waals surface area (Å²) in [5, 5.41) is 21.0. The van der Waals surface area contributed by atoms with E-state index in [2.05, 4.69) is 38.8 Å². The van der Waals surface area contributed by atoms with Crippen molar-refractivity contribution in [2.24, 2.45) is 0 Å². The van der Waals surface area contributed by atoms with Gasteiger partial charge in [-0.2, -0.15) is 0 Å². The molecule has 0 atom stereocenters. The molecule has 1 aliphatic rings. The fourth-order valence-electron chi connectivity index (χ4n) is 4.45. The maximum Gasteiger partial charge on any atom is 0.293 e. The van der Waals surface area contributed by atoms with Crippen molar-refractivity contribution in [3.8, 4) is 0 Å². The minimum absolute atomic E-state index is 0.202. The summed E-state index contributed by atoms with van der Waals surface area (Å²) in [5.74, 6) is 0.798. The number of unbranched alkanes of at least 4 members (excludes halogenated alkanes) is 3. The Labute approximate surface area is 238 Å². The van der Waals surface area contributed by atoms with E-state index in [1.54, 1.807) is 0 Å². The molecular weight excluding hydrogens is 508 g/mol. The molecule has 0 unspecified atom stereocenters. The Morgan fingerprint density at radius 3 is 2.44 bits per heavy atom. The molecule has 7 nitrogen and oxygen atoms in total. The summed E-state index contributed by atoms with van der Waals surface area (Å²) in [7, 11) is 0. The summed E-state index contributed by atoms with van der Waals surface area (Å²) < 4.78 is 8.45. The molecule has 2 aromatic rings. The van der Waals surface area contributed by atoms with Crippen molar-refractivity contribution in [3.05, 3.63) is 77.2 Å². The van der Waals surface area contributed by atoms with Crippen LogP contribution in [0, 0.1) is 12.3 Å². The molecule has 0 aromatic heterocycles. The van der Waals surface area contributed by atoms with E-state index in [0.717, 1.165) is 56.5 Å². The molecule has 39 heavy (non-hydrogen) atoms. The second-order valence-electron chi connectivity index (χ2n) is 10.7. The number of nitrogens with one attached hydrogen (secondary N) is 2. The number of nitrogens with zero attached hydrogens (tertiary/aromatic N) is 2. The molecule has 0 bridgehead atoms. The van der Waals surface area contributed by atoms with E-state index in [-0.39, 0.29) is 11.7 Å². The van der Waals surface area contributed by atoms with Crippen LogP contribution in [0.25, 0.3) is 0 Å². The number of carbonyl (C=O) groups excluding carboxylic acids is 1. The Bertz CT molecular complexity index is 1080. The second-order valence-corrected chi connectivity index (χ2v) is 11.7. The van der Waals surface area contributed by atoms with E-state index >= 15 is 0 Å². The van der Waals surface area contributed by atoms with Crippen molar-refractivity contribution in [1.29, 1.82) is 5.41 Å². The van der Waals surface area contributed by atoms with Gasteiger partial charge in [0.2, 0.25) is 5.76 Å². The number of aliphatic hydroxyl groups is 1. The van der Waals surface area contributed by atoms with Crippen molar-refractivity contribution >= 4 is 29.8 Å². The standard InChI is InChI=1S/C31H44N4O3S/c1-25-12-11-15-27(22-25)33-30(36)29(38-21-10-5-4-9-16-31(2,3)37)28(23-32)34-17-19-35(20-18-34)39-24-26-13-7-6-8-14-26/h6-8,11-15,22-23,32,37H,4-5,9-10,16-21,24H2,1-3H3,(H,33,36)/b29-28-,32-23?. The lowest BCUT2D eigenvalue weighted by molar-refractivity contribution is -0.116. The molecular formula is C31H44N4O3S. The van der Waals surface area contributed by atoms with Gasteiger partial charge in [-0.3, -0.25) is 4.79 Å². The summed E-state index contributed by atoms with van der Waals surface area (Å²) in [6.45, 7) is 9.16. The number of piperazine rings is 1. The molecule has 1 saturated heterocycles. The van der Waals surface area contributed by atoms with Gasteiger partial charge in [-0.25, -0.2) is 4.31 Å². The lowest BCUT2D eigenvalue weighted by Gasteiger charge is -2.36. The average Bonchev–Trinajstić information content (AvgIpc) is 2.91. The SMILES string of the molecule is Cc1cccc(NC(=O)/C(OCCCCCCC(C)(C)O)=C(\C=N)N2CCN(SCc3ccccc3)CC2)c1. The predicted octanol–water partition coefficient (Wildman–Crippen LogP) is 6.00. The summed E-state index contributed by atoms with van der Waals surface area (Å²) in [4.78, 5) is 15.5. The van der Waals surface area contributed by atoms with E-state index < -0.39 is 5.60 Å². The molecule has 0 radical (unpaired) electrons. The number of amides is 1. The number of hydrogen-bond donors (Lipinski definition) is 3. The van der Waals surface area contributed by atoms with Gasteiger partial charge in [0.1, 0.15) is 5.70 Å². The molecule has 0 spiro atoms. The molecule has 1 aliphatic heterocycles. The minimum atomic E-state index is -0.636. The van der Waals surface area contributed by atoms with Gasteiger partial charge in [0.05, 0.1) is 12.2 Å². The third kappa shape index (κ3) is 11.1. The Morgan fingerprint density at radius 2 is 1.77 bits per heavy atom. The van der Waals surface area contributed by atoms with Gasteiger partial charge in [-0.1, -0.05) is 73.7 Å². The van der Waals surface area contributed by atoms with Gasteiger partial charge in [0, 0.05) is 43.8 Å². The highest BCUT2D eigenvalue weighted by molar-refractivity contribution is 7.96. The third-order valence-electron chi connectivity index (χ3n) is 6.62. The number of benzene rings is 2. The van der Waals surface area contributed by atoms with E-state index in [4.69, 9.17) is 10.1 Å². The first-order chi connectivity index (χ1) is 18.7. The van der Waals surface area contributed by atoms with Crippen molar-refractivity contribution in [3.63, 3.8) is 0 Å². The minimum Gasteiger partial charge on any atom is -0.486 e. The van der Waals surface area contributed by atoms with Crippen LogP contribution in [0.4, 0.5) is 5.69 Å². The molecule has 1 heterocycles. The Morgan fingerprint density at radius 1 is 1.05 bits per heavy atom. The van der Waals surface area contributed by atoms with E-state index in [1.807, 2.05) is 63.1 Å². The molecule has 1 amide bonds. The number of carbonyl (C=O) groups is 1. The molecule has 3 rings (SSSR count). The number of allylic oxidation sites excluding steroid dienone is 1. The number of rotatable bonds is 15. The van der Waals surface area contributed by atoms with Gasteiger partial charge in [-0.05, 0) is 56.9 Å². The molecule has 1 fully saturated rings. The van der Waals surface area contributed by atoms with Crippen LogP contribution in [0.5, 0.6) is 0 Å². The molecule has 0 aliphatic carbocycles. The normalized spacial score (nSPS) is 15.0. The third-order valence-corrected chi connectivity index (χ3v) is 7.81. The maximum atomic E-state index is 13.4. The molecule has 2 aromatic carbocycles. The Kier molecular flexibility index (Phi) is 12.4. The van der Waals surface area contributed by atoms with Crippen molar-refractivity contribution in [2.45, 2.75) is 64.2 Å². The van der Waals surface area contributed by atoms with E-state index in [1.165, 1.54) is 11.8 Å². The Balaban J connectivity index is 1.62. The van der Waals surface area contributed by atoms with Crippen LogP contribution in [0.3, 0.4) is 0 Å². The van der Waals surface area contributed by atoms with Crippen molar-refractivity contribution in [2.75, 3.05) is 38.1 Å². The quantitative estimate of drug-likeness (QED) is 0.0826. The average molecular weight is 553 g/mol. The first-order valence-electron chi connectivity index (χ1n) is 13.9. The summed E-state index contributed by atoms with van der Waals surface area (Å²) in [6, 6.07) is 18.1. The zero-order chi connectivity index (χ0) is 28.1. The number of ether oxygens (including phenoxy) is 1. The topological polar surface area (TPSA) is 88.9 Å². The van der Waals surface area contributed by atoms with Gasteiger partial charge in [0.15, 0.2) is 0 Å². The lowest BCUT2D eigenvalue weighted by atomic mass is 10.0. The zero-order valence-corrected chi connectivity index (χ0v) is 24.4. The summed E-state index contributed by atoms with van der Waals surface area (Å²) in [6.07, 6.45) is 5.75. The highest BCUT2D eigenvalue weighted by atomic mass is 32.2. The summed E-state index contributed by atoms with van der Waals surface area (Å²) >= 11 is 1.82. The summed E-state index contributed by atoms with van der Waals surface area (Å²) in [5.41, 5.74) is 2.95. The highest BCUT2D eigenvalue weighted by Crippen LogP contribution is 2.23. The Hall–Kier alpha value is -2.81. The van der Waals surface area contributed by atoms with Crippen molar-refractivity contribution in [1.82, 2.24) is 9.21 Å². The number of hydrogen-bond acceptors (Lipinski definition) is 7. The van der Waals surface area contributed by atoms with Crippen LogP contribution in [-0.4, -0.2) is 64.8 Å². The van der Waals surface area contributed by atoms with Crippen LogP contribution in [0.1, 0.15) is 57.1 Å². The van der Waals surface area contributed by atoms with Gasteiger partial charge >= 0.3 is 0 Å². The maximum absolute atomic E-state index is 13.4. The smallest absolute Gasteiger partial charge is 0.293 e. The molecule has 0 saturated carbocycles. The number of aryl methyl sites for hydroxylation is 1. The fourth-order valence-corrected chi connectivity index (χ4v) is 5.40. The lowest BCUT2D eigenvalue weighted by Crippen LogP contribution is -2.44. The van der Waals surface area contributed by atoms with Crippen LogP contribution in [0.15, 0.2) is 66.1 Å². The van der Waals surface area contributed by atoms with Crippen LogP contribution >= 0.6 is 11.9 Å². The van der Waals surface area contributed by atoms with Gasteiger partial charge < -0.3 is 25.5 Å². The number of anilines is 1. The van der Waals surface area contributed by atoms with Gasteiger partial charge in [0.25, 0.3) is 5.91 Å². The predicted molar refractivity (Wildman–Crippen MR) is 162 cm³/mol. The van der Waals surface area contributed by atoms with Crippen LogP contribution in [0.2, 0.25) is 0 Å². The van der Waals surface area contributed by atoms with Crippen LogP contribution < -0.4 is 5.32 Å². The zero-order valence-electron chi connectivity index (χ0n) is 23.6. The highest BCUT2D eigenvalue weighted by Gasteiger charge is 2.25. The van der Waals surface area contributed by atoms with Crippen molar-refractivity contribution < 1.29 is 14.6 Å². The molecule has 8 heteroatoms. The molecule has 212 valence electrons. The largest absolute Gasteiger partial charge is 0.486 e. The van der Waals surface area contributed by atoms with E-state index in [0.29, 0.717) is 31.1 Å². The van der Waals surface area contributed by atoms with Gasteiger partial charge in [-0.15, -0.1) is 0 Å². The first-order valence-corrected chi connectivity index (χ1v) is 14.8.